The molecule has 1 aromatic heterocycles. The van der Waals surface area contributed by atoms with E-state index >= 15 is 0 Å². The second kappa shape index (κ2) is 12.5. The SMILES string of the molecule is COCC1CC(C(=O)NCc2cc(C(=N)N)cs2)N(C(=O)Cc2ccc(Oc3ccc(C(F)(F)F)cc3)cc2)C1. The van der Waals surface area contributed by atoms with Crippen LogP contribution in [0.15, 0.2) is 60.0 Å². The number of methoxy groups -OCH3 is 1. The number of halogens is 3. The van der Waals surface area contributed by atoms with Gasteiger partial charge in [-0.25, -0.2) is 0 Å². The summed E-state index contributed by atoms with van der Waals surface area (Å²) in [5.41, 5.74) is 6.05. The van der Waals surface area contributed by atoms with E-state index in [0.29, 0.717) is 36.4 Å². The van der Waals surface area contributed by atoms with E-state index in [4.69, 9.17) is 20.6 Å². The van der Waals surface area contributed by atoms with Crippen molar-refractivity contribution in [2.75, 3.05) is 20.3 Å². The molecule has 2 aromatic carbocycles. The number of rotatable bonds is 10. The summed E-state index contributed by atoms with van der Waals surface area (Å²) in [4.78, 5) is 28.8. The predicted octanol–water partition coefficient (Wildman–Crippen LogP) is 4.57. The number of amidine groups is 1. The molecule has 0 saturated carbocycles. The van der Waals surface area contributed by atoms with Crippen molar-refractivity contribution in [1.29, 1.82) is 5.41 Å². The smallest absolute Gasteiger partial charge is 0.416 e. The zero-order chi connectivity index (χ0) is 28.9. The van der Waals surface area contributed by atoms with Crippen LogP contribution in [0.3, 0.4) is 0 Å². The largest absolute Gasteiger partial charge is 0.457 e. The van der Waals surface area contributed by atoms with Crippen LogP contribution < -0.4 is 15.8 Å². The van der Waals surface area contributed by atoms with Gasteiger partial charge in [0, 0.05) is 35.4 Å². The van der Waals surface area contributed by atoms with E-state index < -0.39 is 17.8 Å². The van der Waals surface area contributed by atoms with Crippen molar-refractivity contribution in [2.24, 2.45) is 11.7 Å². The Bertz CT molecular complexity index is 1340. The van der Waals surface area contributed by atoms with Gasteiger partial charge in [0.05, 0.1) is 25.1 Å². The number of nitrogen functional groups attached to an aromatic ring is 1. The maximum Gasteiger partial charge on any atom is 0.416 e. The van der Waals surface area contributed by atoms with E-state index in [1.807, 2.05) is 0 Å². The van der Waals surface area contributed by atoms with Gasteiger partial charge in [0.25, 0.3) is 0 Å². The lowest BCUT2D eigenvalue weighted by Gasteiger charge is -2.24. The van der Waals surface area contributed by atoms with Crippen LogP contribution in [0, 0.1) is 11.3 Å². The number of benzene rings is 2. The number of alkyl halides is 3. The Hall–Kier alpha value is -3.90. The molecule has 1 aliphatic rings. The average molecular weight is 575 g/mol. The fourth-order valence-electron chi connectivity index (χ4n) is 4.51. The highest BCUT2D eigenvalue weighted by molar-refractivity contribution is 7.10. The van der Waals surface area contributed by atoms with Crippen molar-refractivity contribution >= 4 is 29.0 Å². The van der Waals surface area contributed by atoms with Crippen LogP contribution >= 0.6 is 11.3 Å². The number of ether oxygens (including phenoxy) is 2. The maximum atomic E-state index is 13.3. The molecule has 212 valence electrons. The summed E-state index contributed by atoms with van der Waals surface area (Å²) in [5, 5.41) is 12.2. The van der Waals surface area contributed by atoms with Crippen LogP contribution in [0.25, 0.3) is 0 Å². The number of thiophene rings is 1. The van der Waals surface area contributed by atoms with Gasteiger partial charge in [-0.15, -0.1) is 11.3 Å². The van der Waals surface area contributed by atoms with Gasteiger partial charge in [-0.05, 0) is 54.4 Å². The number of hydrogen-bond donors (Lipinski definition) is 3. The average Bonchev–Trinajstić information content (AvgIpc) is 3.56. The van der Waals surface area contributed by atoms with Crippen LogP contribution in [-0.2, 0) is 33.5 Å². The van der Waals surface area contributed by atoms with E-state index in [1.165, 1.54) is 23.5 Å². The quantitative estimate of drug-likeness (QED) is 0.242. The fraction of sp³-hybridized carbons (Fsp3) is 0.321. The lowest BCUT2D eigenvalue weighted by Crippen LogP contribution is -2.46. The maximum absolute atomic E-state index is 13.3. The van der Waals surface area contributed by atoms with E-state index in [1.54, 1.807) is 47.7 Å². The molecule has 1 fully saturated rings. The van der Waals surface area contributed by atoms with Crippen LogP contribution in [0.4, 0.5) is 13.2 Å². The van der Waals surface area contributed by atoms with Crippen molar-refractivity contribution in [2.45, 2.75) is 31.6 Å². The molecule has 2 atom stereocenters. The highest BCUT2D eigenvalue weighted by Crippen LogP contribution is 2.31. The van der Waals surface area contributed by atoms with Crippen molar-refractivity contribution in [3.63, 3.8) is 0 Å². The molecule has 4 N–H and O–H groups in total. The molecule has 0 radical (unpaired) electrons. The summed E-state index contributed by atoms with van der Waals surface area (Å²) in [5.74, 6) is 0.191. The van der Waals surface area contributed by atoms with E-state index in [0.717, 1.165) is 17.0 Å². The number of nitrogens with zero attached hydrogens (tertiary/aromatic N) is 1. The van der Waals surface area contributed by atoms with Gasteiger partial charge in [0.15, 0.2) is 0 Å². The first kappa shape index (κ1) is 29.1. The molecule has 40 heavy (non-hydrogen) atoms. The lowest BCUT2D eigenvalue weighted by molar-refractivity contribution is -0.138. The van der Waals surface area contributed by atoms with Gasteiger partial charge in [-0.3, -0.25) is 15.0 Å². The van der Waals surface area contributed by atoms with Crippen molar-refractivity contribution in [1.82, 2.24) is 10.2 Å². The van der Waals surface area contributed by atoms with Gasteiger partial charge >= 0.3 is 6.18 Å². The topological polar surface area (TPSA) is 118 Å². The summed E-state index contributed by atoms with van der Waals surface area (Å²) in [7, 11) is 1.58. The molecular formula is C28H29F3N4O4S. The molecule has 12 heteroatoms. The Balaban J connectivity index is 1.36. The van der Waals surface area contributed by atoms with Gasteiger partial charge in [-0.2, -0.15) is 13.2 Å². The summed E-state index contributed by atoms with van der Waals surface area (Å²) < 4.78 is 49.2. The summed E-state index contributed by atoms with van der Waals surface area (Å²) in [6, 6.07) is 12.2. The van der Waals surface area contributed by atoms with Gasteiger partial charge < -0.3 is 25.4 Å². The first-order valence-electron chi connectivity index (χ1n) is 12.5. The fourth-order valence-corrected chi connectivity index (χ4v) is 5.33. The Labute approximate surface area is 233 Å². The third-order valence-corrected chi connectivity index (χ3v) is 7.45. The molecule has 1 saturated heterocycles. The second-order valence-corrected chi connectivity index (χ2v) is 10.5. The van der Waals surface area contributed by atoms with E-state index in [9.17, 15) is 22.8 Å². The lowest BCUT2D eigenvalue weighted by atomic mass is 10.1. The molecule has 8 nitrogen and oxygen atoms in total. The van der Waals surface area contributed by atoms with Crippen molar-refractivity contribution < 1.29 is 32.2 Å². The molecule has 0 aliphatic carbocycles. The molecule has 4 rings (SSSR count). The molecule has 1 aliphatic heterocycles. The van der Waals surface area contributed by atoms with Crippen LogP contribution in [-0.4, -0.2) is 48.9 Å². The Morgan fingerprint density at radius 1 is 1.12 bits per heavy atom. The van der Waals surface area contributed by atoms with Gasteiger partial charge in [0.1, 0.15) is 23.4 Å². The number of carbonyl (C=O) groups excluding carboxylic acids is 2. The zero-order valence-electron chi connectivity index (χ0n) is 21.7. The molecule has 0 spiro atoms. The molecular weight excluding hydrogens is 545 g/mol. The van der Waals surface area contributed by atoms with E-state index in [2.05, 4.69) is 5.32 Å². The Morgan fingerprint density at radius 2 is 1.77 bits per heavy atom. The Kier molecular flexibility index (Phi) is 9.10. The number of hydrogen-bond acceptors (Lipinski definition) is 6. The zero-order valence-corrected chi connectivity index (χ0v) is 22.5. The number of likely N-dealkylation sites (tertiary alicyclic amines) is 1. The van der Waals surface area contributed by atoms with Crippen LogP contribution in [0.2, 0.25) is 0 Å². The number of nitrogens with one attached hydrogen (secondary N) is 2. The monoisotopic (exact) mass is 574 g/mol. The normalized spacial score (nSPS) is 17.1. The molecule has 0 bridgehead atoms. The first-order chi connectivity index (χ1) is 19.0. The summed E-state index contributed by atoms with van der Waals surface area (Å²) >= 11 is 1.39. The van der Waals surface area contributed by atoms with Gasteiger partial charge in [0.2, 0.25) is 11.8 Å². The summed E-state index contributed by atoms with van der Waals surface area (Å²) in [6.07, 6.45) is -3.87. The van der Waals surface area contributed by atoms with E-state index in [-0.39, 0.29) is 42.3 Å². The standard InChI is InChI=1S/C28H29F3N4O4S/c1-38-15-18-10-24(27(37)34-13-23-12-19(16-40-23)26(32)33)35(14-18)25(36)11-17-2-6-21(7-3-17)39-22-8-4-20(5-9-22)28(29,30)31/h2-9,12,16,18,24H,10-11,13-15H2,1H3,(H3,32,33)(H,34,37). The third-order valence-electron chi connectivity index (χ3n) is 6.51. The minimum atomic E-state index is -4.42. The number of carbonyl (C=O) groups is 2. The first-order valence-corrected chi connectivity index (χ1v) is 13.3. The highest BCUT2D eigenvalue weighted by atomic mass is 32.1. The third kappa shape index (κ3) is 7.39. The van der Waals surface area contributed by atoms with Crippen molar-refractivity contribution in [3.8, 4) is 11.5 Å². The minimum absolute atomic E-state index is 0.0234. The predicted molar refractivity (Wildman–Crippen MR) is 144 cm³/mol. The van der Waals surface area contributed by atoms with Crippen LogP contribution in [0.1, 0.15) is 28.0 Å². The van der Waals surface area contributed by atoms with Crippen LogP contribution in [0.5, 0.6) is 11.5 Å². The van der Waals surface area contributed by atoms with Gasteiger partial charge in [-0.1, -0.05) is 12.1 Å². The Morgan fingerprint density at radius 3 is 2.35 bits per heavy atom. The molecule has 2 unspecified atom stereocenters. The van der Waals surface area contributed by atoms with Crippen molar-refractivity contribution in [3.05, 3.63) is 81.5 Å². The molecule has 2 heterocycles. The second-order valence-electron chi connectivity index (χ2n) is 9.50. The molecule has 3 aromatic rings. The summed E-state index contributed by atoms with van der Waals surface area (Å²) in [6.45, 7) is 1.09. The minimum Gasteiger partial charge on any atom is -0.457 e. The molecule has 2 amide bonds. The number of amides is 2. The number of nitrogens with two attached hydrogens (primary N) is 1. The highest BCUT2D eigenvalue weighted by Gasteiger charge is 2.39.